The van der Waals surface area contributed by atoms with Crippen molar-refractivity contribution in [2.75, 3.05) is 13.1 Å². The highest BCUT2D eigenvalue weighted by Crippen LogP contribution is 2.26. The van der Waals surface area contributed by atoms with Crippen LogP contribution in [0.4, 0.5) is 4.39 Å². The number of likely N-dealkylation sites (tertiary alicyclic amines) is 1. The molecule has 19 heavy (non-hydrogen) atoms. The lowest BCUT2D eigenvalue weighted by molar-refractivity contribution is -0.142. The van der Waals surface area contributed by atoms with Crippen molar-refractivity contribution >= 4 is 11.9 Å². The van der Waals surface area contributed by atoms with Gasteiger partial charge in [-0.2, -0.15) is 0 Å². The van der Waals surface area contributed by atoms with Crippen LogP contribution in [0.1, 0.15) is 17.3 Å². The Bertz CT molecular complexity index is 531. The lowest BCUT2D eigenvalue weighted by atomic mass is 9.99. The van der Waals surface area contributed by atoms with Gasteiger partial charge < -0.3 is 15.1 Å². The van der Waals surface area contributed by atoms with Gasteiger partial charge in [0.15, 0.2) is 0 Å². The Kier molecular flexibility index (Phi) is 3.42. The van der Waals surface area contributed by atoms with Crippen LogP contribution in [0.5, 0.6) is 5.75 Å². The molecule has 2 rings (SSSR count). The van der Waals surface area contributed by atoms with Crippen LogP contribution in [0, 0.1) is 17.7 Å². The van der Waals surface area contributed by atoms with Crippen molar-refractivity contribution in [1.29, 1.82) is 0 Å². The number of hydrogen-bond donors (Lipinski definition) is 2. The zero-order chi connectivity index (χ0) is 14.2. The van der Waals surface area contributed by atoms with E-state index in [1.54, 1.807) is 6.92 Å². The zero-order valence-electron chi connectivity index (χ0n) is 10.3. The topological polar surface area (TPSA) is 77.8 Å². The molecule has 1 aromatic rings. The molecule has 102 valence electrons. The first-order valence-corrected chi connectivity index (χ1v) is 5.90. The van der Waals surface area contributed by atoms with Crippen molar-refractivity contribution in [2.24, 2.45) is 11.8 Å². The molecule has 0 spiro atoms. The van der Waals surface area contributed by atoms with E-state index >= 15 is 0 Å². The fourth-order valence-corrected chi connectivity index (χ4v) is 2.30. The summed E-state index contributed by atoms with van der Waals surface area (Å²) in [6.45, 7) is 2.12. The summed E-state index contributed by atoms with van der Waals surface area (Å²) in [4.78, 5) is 24.4. The minimum Gasteiger partial charge on any atom is -0.508 e. The molecule has 1 fully saturated rings. The van der Waals surface area contributed by atoms with Crippen molar-refractivity contribution in [3.05, 3.63) is 29.6 Å². The third-order valence-electron chi connectivity index (χ3n) is 3.40. The quantitative estimate of drug-likeness (QED) is 0.847. The van der Waals surface area contributed by atoms with Gasteiger partial charge in [-0.3, -0.25) is 9.59 Å². The van der Waals surface area contributed by atoms with Gasteiger partial charge in [-0.15, -0.1) is 0 Å². The van der Waals surface area contributed by atoms with E-state index in [0.717, 1.165) is 6.07 Å². The third kappa shape index (κ3) is 2.52. The second-order valence-electron chi connectivity index (χ2n) is 4.80. The fourth-order valence-electron chi connectivity index (χ4n) is 2.30. The maximum atomic E-state index is 13.6. The number of amides is 1. The van der Waals surface area contributed by atoms with Crippen LogP contribution in [0.25, 0.3) is 0 Å². The number of aromatic hydroxyl groups is 1. The minimum atomic E-state index is -0.950. The summed E-state index contributed by atoms with van der Waals surface area (Å²) >= 11 is 0. The number of carbonyl (C=O) groups is 2. The van der Waals surface area contributed by atoms with E-state index in [1.165, 1.54) is 17.0 Å². The van der Waals surface area contributed by atoms with E-state index in [1.807, 2.05) is 0 Å². The Hall–Kier alpha value is -2.11. The largest absolute Gasteiger partial charge is 0.508 e. The summed E-state index contributed by atoms with van der Waals surface area (Å²) in [6.07, 6.45) is 0. The van der Waals surface area contributed by atoms with E-state index in [-0.39, 0.29) is 30.3 Å². The number of phenols is 1. The molecule has 1 aromatic carbocycles. The van der Waals surface area contributed by atoms with Gasteiger partial charge in [0.1, 0.15) is 11.6 Å². The number of carbonyl (C=O) groups excluding carboxylic acids is 1. The van der Waals surface area contributed by atoms with E-state index in [4.69, 9.17) is 10.2 Å². The molecule has 1 amide bonds. The number of carboxylic acid groups (broad SMARTS) is 1. The third-order valence-corrected chi connectivity index (χ3v) is 3.40. The molecule has 1 saturated heterocycles. The molecule has 0 unspecified atom stereocenters. The molecule has 0 saturated carbocycles. The Morgan fingerprint density at radius 3 is 2.58 bits per heavy atom. The first-order chi connectivity index (χ1) is 8.90. The van der Waals surface area contributed by atoms with Crippen LogP contribution < -0.4 is 0 Å². The molecule has 1 aliphatic rings. The number of benzene rings is 1. The van der Waals surface area contributed by atoms with Crippen LogP contribution in [0.2, 0.25) is 0 Å². The lowest BCUT2D eigenvalue weighted by Gasteiger charge is -2.16. The minimum absolute atomic E-state index is 0.0790. The number of phenolic OH excluding ortho intramolecular Hbond substituents is 1. The van der Waals surface area contributed by atoms with Gasteiger partial charge in [-0.1, -0.05) is 6.92 Å². The molecular formula is C13H14FNO4. The van der Waals surface area contributed by atoms with Crippen LogP contribution >= 0.6 is 0 Å². The van der Waals surface area contributed by atoms with Gasteiger partial charge in [0.2, 0.25) is 0 Å². The molecule has 1 aliphatic heterocycles. The van der Waals surface area contributed by atoms with E-state index < -0.39 is 23.6 Å². The maximum Gasteiger partial charge on any atom is 0.308 e. The zero-order valence-corrected chi connectivity index (χ0v) is 10.3. The monoisotopic (exact) mass is 267 g/mol. The average molecular weight is 267 g/mol. The normalized spacial score (nSPS) is 22.5. The number of hydrogen-bond acceptors (Lipinski definition) is 3. The van der Waals surface area contributed by atoms with Gasteiger partial charge >= 0.3 is 5.97 Å². The smallest absolute Gasteiger partial charge is 0.308 e. The van der Waals surface area contributed by atoms with Crippen LogP contribution in [-0.4, -0.2) is 40.1 Å². The first-order valence-electron chi connectivity index (χ1n) is 5.90. The molecule has 0 radical (unpaired) electrons. The number of rotatable bonds is 2. The van der Waals surface area contributed by atoms with E-state index in [9.17, 15) is 14.0 Å². The molecule has 1 heterocycles. The van der Waals surface area contributed by atoms with E-state index in [0.29, 0.717) is 0 Å². The predicted octanol–water partition coefficient (Wildman–Crippen LogP) is 1.32. The molecule has 6 heteroatoms. The molecule has 2 atom stereocenters. The van der Waals surface area contributed by atoms with Crippen molar-refractivity contribution in [1.82, 2.24) is 4.90 Å². The Morgan fingerprint density at radius 2 is 2.05 bits per heavy atom. The highest BCUT2D eigenvalue weighted by molar-refractivity contribution is 5.95. The van der Waals surface area contributed by atoms with Crippen molar-refractivity contribution < 1.29 is 24.2 Å². The van der Waals surface area contributed by atoms with E-state index in [2.05, 4.69) is 0 Å². The second kappa shape index (κ2) is 4.87. The number of halogens is 1. The molecule has 0 aromatic heterocycles. The van der Waals surface area contributed by atoms with Gasteiger partial charge in [0, 0.05) is 19.2 Å². The summed E-state index contributed by atoms with van der Waals surface area (Å²) in [7, 11) is 0. The average Bonchev–Trinajstić information content (AvgIpc) is 2.70. The second-order valence-corrected chi connectivity index (χ2v) is 4.80. The Balaban J connectivity index is 2.19. The summed E-state index contributed by atoms with van der Waals surface area (Å²) in [6, 6.07) is 3.29. The standard InChI is InChI=1S/C13H14FNO4/c1-7-5-15(6-10(7)13(18)19)12(17)9-3-2-8(16)4-11(9)14/h2-4,7,10,16H,5-6H2,1H3,(H,18,19)/t7-,10-/m1/s1. The predicted molar refractivity (Wildman–Crippen MR) is 64.3 cm³/mol. The highest BCUT2D eigenvalue weighted by atomic mass is 19.1. The lowest BCUT2D eigenvalue weighted by Crippen LogP contribution is -2.30. The first kappa shape index (κ1) is 13.3. The summed E-state index contributed by atoms with van der Waals surface area (Å²) in [5.41, 5.74) is -0.156. The van der Waals surface area contributed by atoms with Crippen molar-refractivity contribution in [2.45, 2.75) is 6.92 Å². The summed E-state index contributed by atoms with van der Waals surface area (Å²) in [5.74, 6) is -3.35. The fraction of sp³-hybridized carbons (Fsp3) is 0.385. The van der Waals surface area contributed by atoms with Gasteiger partial charge in [-0.25, -0.2) is 4.39 Å². The Labute approximate surface area is 109 Å². The van der Waals surface area contributed by atoms with Gasteiger partial charge in [0.25, 0.3) is 5.91 Å². The Morgan fingerprint density at radius 1 is 1.37 bits per heavy atom. The molecule has 0 bridgehead atoms. The summed E-state index contributed by atoms with van der Waals surface area (Å²) < 4.78 is 13.6. The number of nitrogens with zero attached hydrogens (tertiary/aromatic N) is 1. The van der Waals surface area contributed by atoms with Gasteiger partial charge in [0.05, 0.1) is 11.5 Å². The molecule has 5 nitrogen and oxygen atoms in total. The molecule has 0 aliphatic carbocycles. The molecule has 2 N–H and O–H groups in total. The number of aliphatic carboxylic acids is 1. The highest BCUT2D eigenvalue weighted by Gasteiger charge is 2.37. The summed E-state index contributed by atoms with van der Waals surface area (Å²) in [5, 5.41) is 18.1. The SMILES string of the molecule is C[C@@H]1CN(C(=O)c2ccc(O)cc2F)C[C@H]1C(=O)O. The van der Waals surface area contributed by atoms with Crippen molar-refractivity contribution in [3.63, 3.8) is 0 Å². The van der Waals surface area contributed by atoms with Crippen LogP contribution in [0.15, 0.2) is 18.2 Å². The van der Waals surface area contributed by atoms with Gasteiger partial charge in [-0.05, 0) is 18.1 Å². The maximum absolute atomic E-state index is 13.6. The molecular weight excluding hydrogens is 253 g/mol. The number of carboxylic acids is 1. The van der Waals surface area contributed by atoms with Crippen molar-refractivity contribution in [3.8, 4) is 5.75 Å². The van der Waals surface area contributed by atoms with Crippen LogP contribution in [0.3, 0.4) is 0 Å². The van der Waals surface area contributed by atoms with Crippen LogP contribution in [-0.2, 0) is 4.79 Å².